The van der Waals surface area contributed by atoms with Crippen molar-refractivity contribution in [2.45, 2.75) is 43.9 Å². The lowest BCUT2D eigenvalue weighted by molar-refractivity contribution is 0.423. The first-order valence-electron chi connectivity index (χ1n) is 7.45. The molecule has 21 heavy (non-hydrogen) atoms. The van der Waals surface area contributed by atoms with Crippen LogP contribution in [-0.2, 0) is 10.0 Å². The van der Waals surface area contributed by atoms with Gasteiger partial charge in [0.2, 0.25) is 10.0 Å². The Morgan fingerprint density at radius 1 is 1.29 bits per heavy atom. The molecule has 0 spiro atoms. The van der Waals surface area contributed by atoms with E-state index in [1.54, 1.807) is 4.31 Å². The van der Waals surface area contributed by atoms with Crippen LogP contribution in [0, 0.1) is 0 Å². The Balaban J connectivity index is 2.21. The summed E-state index contributed by atoms with van der Waals surface area (Å²) in [4.78, 5) is 4.33. The molecule has 118 valence electrons. The molecule has 2 heterocycles. The number of halogens is 1. The molecule has 0 amide bonds. The molecule has 7 heteroatoms. The van der Waals surface area contributed by atoms with Gasteiger partial charge in [0.15, 0.2) is 0 Å². The molecule has 1 fully saturated rings. The number of sulfonamides is 1. The molecule has 1 saturated heterocycles. The van der Waals surface area contributed by atoms with Crippen molar-refractivity contribution in [1.82, 2.24) is 9.29 Å². The normalized spacial score (nSPS) is 17.4. The van der Waals surface area contributed by atoms with Crippen molar-refractivity contribution in [3.63, 3.8) is 0 Å². The highest BCUT2D eigenvalue weighted by Crippen LogP contribution is 2.25. The summed E-state index contributed by atoms with van der Waals surface area (Å²) in [7, 11) is -3.49. The number of anilines is 1. The van der Waals surface area contributed by atoms with Gasteiger partial charge >= 0.3 is 0 Å². The minimum Gasteiger partial charge on any atom is -0.369 e. The summed E-state index contributed by atoms with van der Waals surface area (Å²) < 4.78 is 26.8. The highest BCUT2D eigenvalue weighted by molar-refractivity contribution is 7.89. The van der Waals surface area contributed by atoms with Gasteiger partial charge in [-0.3, -0.25) is 0 Å². The predicted octanol–water partition coefficient (Wildman–Crippen LogP) is 3.12. The van der Waals surface area contributed by atoms with Gasteiger partial charge in [0, 0.05) is 25.8 Å². The Labute approximate surface area is 131 Å². The highest BCUT2D eigenvalue weighted by atomic mass is 35.5. The second-order valence-corrected chi connectivity index (χ2v) is 7.59. The molecule has 1 aromatic rings. The van der Waals surface area contributed by atoms with E-state index in [4.69, 9.17) is 11.6 Å². The molecule has 1 aliphatic heterocycles. The van der Waals surface area contributed by atoms with E-state index in [0.717, 1.165) is 38.6 Å². The fourth-order valence-electron chi connectivity index (χ4n) is 2.37. The molecule has 0 aromatic carbocycles. The maximum atomic E-state index is 12.6. The number of rotatable bonds is 5. The molecule has 1 N–H and O–H groups in total. The molecule has 0 atom stereocenters. The van der Waals surface area contributed by atoms with Crippen molar-refractivity contribution in [3.05, 3.63) is 17.3 Å². The van der Waals surface area contributed by atoms with Gasteiger partial charge in [-0.15, -0.1) is 0 Å². The van der Waals surface area contributed by atoms with Crippen LogP contribution in [0.5, 0.6) is 0 Å². The van der Waals surface area contributed by atoms with Crippen molar-refractivity contribution in [2.24, 2.45) is 0 Å². The van der Waals surface area contributed by atoms with Gasteiger partial charge < -0.3 is 5.32 Å². The summed E-state index contributed by atoms with van der Waals surface area (Å²) in [5, 5.41) is 3.43. The van der Waals surface area contributed by atoms with E-state index in [1.165, 1.54) is 12.3 Å². The molecule has 0 unspecified atom stereocenters. The zero-order valence-corrected chi connectivity index (χ0v) is 13.9. The number of hydrogen-bond acceptors (Lipinski definition) is 4. The van der Waals surface area contributed by atoms with Gasteiger partial charge in [-0.25, -0.2) is 13.4 Å². The van der Waals surface area contributed by atoms with Crippen LogP contribution in [0.1, 0.15) is 39.0 Å². The number of aromatic nitrogens is 1. The maximum Gasteiger partial charge on any atom is 0.244 e. The van der Waals surface area contributed by atoms with E-state index in [2.05, 4.69) is 10.3 Å². The van der Waals surface area contributed by atoms with Gasteiger partial charge in [0.25, 0.3) is 0 Å². The molecule has 1 aliphatic rings. The maximum absolute atomic E-state index is 12.6. The smallest absolute Gasteiger partial charge is 0.244 e. The van der Waals surface area contributed by atoms with Gasteiger partial charge in [0.05, 0.1) is 5.02 Å². The van der Waals surface area contributed by atoms with Crippen molar-refractivity contribution < 1.29 is 8.42 Å². The van der Waals surface area contributed by atoms with Crippen LogP contribution in [0.2, 0.25) is 5.02 Å². The van der Waals surface area contributed by atoms with Crippen LogP contribution < -0.4 is 5.32 Å². The van der Waals surface area contributed by atoms with Crippen LogP contribution in [0.4, 0.5) is 5.82 Å². The lowest BCUT2D eigenvalue weighted by atomic mass is 10.2. The molecule has 2 rings (SSSR count). The van der Waals surface area contributed by atoms with Gasteiger partial charge in [-0.2, -0.15) is 4.31 Å². The number of hydrogen-bond donors (Lipinski definition) is 1. The number of nitrogens with one attached hydrogen (secondary N) is 1. The van der Waals surface area contributed by atoms with Gasteiger partial charge in [-0.1, -0.05) is 31.4 Å². The van der Waals surface area contributed by atoms with Crippen LogP contribution in [0.25, 0.3) is 0 Å². The molecule has 0 saturated carbocycles. The Morgan fingerprint density at radius 2 is 1.95 bits per heavy atom. The quantitative estimate of drug-likeness (QED) is 0.900. The summed E-state index contributed by atoms with van der Waals surface area (Å²) in [6.07, 6.45) is 6.35. The van der Waals surface area contributed by atoms with E-state index >= 15 is 0 Å². The second-order valence-electron chi connectivity index (χ2n) is 5.25. The Kier molecular flexibility index (Phi) is 5.84. The fraction of sp³-hybridized carbons (Fsp3) is 0.643. The topological polar surface area (TPSA) is 62.3 Å². The summed E-state index contributed by atoms with van der Waals surface area (Å²) in [5.41, 5.74) is 0. The lowest BCUT2D eigenvalue weighted by Gasteiger charge is -2.20. The minimum atomic E-state index is -3.49. The van der Waals surface area contributed by atoms with Crippen LogP contribution in [-0.4, -0.2) is 37.3 Å². The number of nitrogens with zero attached hydrogens (tertiary/aromatic N) is 2. The monoisotopic (exact) mass is 331 g/mol. The van der Waals surface area contributed by atoms with E-state index in [9.17, 15) is 8.42 Å². The Bertz CT molecular complexity index is 570. The number of pyridine rings is 1. The summed E-state index contributed by atoms with van der Waals surface area (Å²) in [5.74, 6) is 0.535. The fourth-order valence-corrected chi connectivity index (χ4v) is 4.15. The average molecular weight is 332 g/mol. The third-order valence-corrected chi connectivity index (χ3v) is 5.71. The van der Waals surface area contributed by atoms with Crippen LogP contribution >= 0.6 is 11.6 Å². The molecule has 5 nitrogen and oxygen atoms in total. The first-order chi connectivity index (χ1) is 10.1. The van der Waals surface area contributed by atoms with E-state index < -0.39 is 10.0 Å². The first kappa shape index (κ1) is 16.5. The van der Waals surface area contributed by atoms with Crippen LogP contribution in [0.15, 0.2) is 17.2 Å². The van der Waals surface area contributed by atoms with Crippen LogP contribution in [0.3, 0.4) is 0 Å². The molecule has 0 bridgehead atoms. The third kappa shape index (κ3) is 4.08. The molecule has 1 aromatic heterocycles. The summed E-state index contributed by atoms with van der Waals surface area (Å²) >= 11 is 6.13. The van der Waals surface area contributed by atoms with Crippen molar-refractivity contribution in [3.8, 4) is 0 Å². The second kappa shape index (κ2) is 7.42. The Morgan fingerprint density at radius 3 is 2.52 bits per heavy atom. The van der Waals surface area contributed by atoms with E-state index in [0.29, 0.717) is 23.9 Å². The summed E-state index contributed by atoms with van der Waals surface area (Å²) in [6.45, 7) is 3.95. The van der Waals surface area contributed by atoms with Gasteiger partial charge in [0.1, 0.15) is 10.7 Å². The molecular weight excluding hydrogens is 310 g/mol. The average Bonchev–Trinajstić information content (AvgIpc) is 2.75. The van der Waals surface area contributed by atoms with Crippen molar-refractivity contribution in [1.29, 1.82) is 0 Å². The lowest BCUT2D eigenvalue weighted by Crippen LogP contribution is -2.32. The molecule has 0 aliphatic carbocycles. The zero-order valence-electron chi connectivity index (χ0n) is 12.3. The van der Waals surface area contributed by atoms with Crippen molar-refractivity contribution >= 4 is 27.4 Å². The van der Waals surface area contributed by atoms with E-state index in [-0.39, 0.29) is 4.90 Å². The molecular formula is C14H22ClN3O2S. The van der Waals surface area contributed by atoms with E-state index in [1.807, 2.05) is 6.92 Å². The standard InChI is InChI=1S/C14H22ClN3O2S/c1-2-7-16-14-13(15)10-12(11-17-14)21(19,20)18-8-5-3-4-6-9-18/h10-11H,2-9H2,1H3,(H,16,17). The Hall–Kier alpha value is -0.850. The van der Waals surface area contributed by atoms with Crippen molar-refractivity contribution in [2.75, 3.05) is 25.0 Å². The highest BCUT2D eigenvalue weighted by Gasteiger charge is 2.26. The minimum absolute atomic E-state index is 0.177. The largest absolute Gasteiger partial charge is 0.369 e. The molecule has 0 radical (unpaired) electrons. The predicted molar refractivity (Wildman–Crippen MR) is 85.3 cm³/mol. The van der Waals surface area contributed by atoms with Gasteiger partial charge in [-0.05, 0) is 25.3 Å². The zero-order chi connectivity index (χ0) is 15.3. The third-order valence-electron chi connectivity index (χ3n) is 3.56. The summed E-state index contributed by atoms with van der Waals surface area (Å²) in [6, 6.07) is 1.49. The first-order valence-corrected chi connectivity index (χ1v) is 9.27. The SMILES string of the molecule is CCCNc1ncc(S(=O)(=O)N2CCCCCC2)cc1Cl.